The van der Waals surface area contributed by atoms with Crippen molar-refractivity contribution in [2.45, 2.75) is 70.1 Å². The molecule has 2 aliphatic rings. The molecule has 1 aromatic heterocycles. The minimum Gasteiger partial charge on any atom is -0.491 e. The lowest BCUT2D eigenvalue weighted by atomic mass is 9.82. The van der Waals surface area contributed by atoms with E-state index < -0.39 is 29.5 Å². The molecule has 8 nitrogen and oxygen atoms in total. The van der Waals surface area contributed by atoms with Gasteiger partial charge in [0.15, 0.2) is 0 Å². The number of carbonyl (C=O) groups excluding carboxylic acids is 1. The van der Waals surface area contributed by atoms with Gasteiger partial charge in [-0.15, -0.1) is 0 Å². The molecule has 2 aliphatic heterocycles. The molecule has 2 unspecified atom stereocenters. The van der Waals surface area contributed by atoms with E-state index in [1.165, 1.54) is 12.1 Å². The number of carbonyl (C=O) groups is 1. The Kier molecular flexibility index (Phi) is 10.3. The van der Waals surface area contributed by atoms with E-state index in [1.807, 2.05) is 6.07 Å². The highest BCUT2D eigenvalue weighted by atomic mass is 35.5. The number of ether oxygens (including phenoxy) is 1. The van der Waals surface area contributed by atoms with Crippen molar-refractivity contribution in [3.05, 3.63) is 52.7 Å². The van der Waals surface area contributed by atoms with Crippen LogP contribution < -0.4 is 15.0 Å². The normalized spacial score (nSPS) is 19.6. The summed E-state index contributed by atoms with van der Waals surface area (Å²) in [5.41, 5.74) is -3.68. The summed E-state index contributed by atoms with van der Waals surface area (Å²) in [4.78, 5) is 21.0. The number of nitrogens with one attached hydrogen (secondary N) is 1. The maximum Gasteiger partial charge on any atom is 0.430 e. The Morgan fingerprint density at radius 2 is 1.71 bits per heavy atom. The number of anilines is 1. The summed E-state index contributed by atoms with van der Waals surface area (Å²) in [6.07, 6.45) is -2.35. The van der Waals surface area contributed by atoms with Gasteiger partial charge in [0, 0.05) is 37.3 Å². The van der Waals surface area contributed by atoms with Gasteiger partial charge >= 0.3 is 6.18 Å². The summed E-state index contributed by atoms with van der Waals surface area (Å²) in [7, 11) is 1.63. The molecule has 0 spiro atoms. The Balaban J connectivity index is 1.32. The van der Waals surface area contributed by atoms with Crippen molar-refractivity contribution in [1.82, 2.24) is 15.2 Å². The number of aromatic nitrogens is 1. The van der Waals surface area contributed by atoms with Gasteiger partial charge in [0.25, 0.3) is 11.5 Å². The molecule has 2 aromatic rings. The van der Waals surface area contributed by atoms with E-state index in [1.54, 1.807) is 27.0 Å². The molecule has 3 heterocycles. The highest BCUT2D eigenvalue weighted by Crippen LogP contribution is 2.42. The number of rotatable bonds is 9. The molecule has 42 heavy (non-hydrogen) atoms. The minimum atomic E-state index is -5.20. The maximum atomic E-state index is 14.3. The molecule has 0 aliphatic carbocycles. The van der Waals surface area contributed by atoms with Crippen molar-refractivity contribution >= 4 is 23.3 Å². The smallest absolute Gasteiger partial charge is 0.430 e. The van der Waals surface area contributed by atoms with Gasteiger partial charge in [0.1, 0.15) is 22.9 Å². The zero-order chi connectivity index (χ0) is 30.7. The molecule has 232 valence electrons. The van der Waals surface area contributed by atoms with Crippen molar-refractivity contribution in [3.8, 4) is 5.75 Å². The number of likely N-dealkylation sites (tertiary alicyclic amines) is 1. The molecule has 2 atom stereocenters. The minimum absolute atomic E-state index is 0.159. The van der Waals surface area contributed by atoms with Gasteiger partial charge in [-0.2, -0.15) is 13.2 Å². The van der Waals surface area contributed by atoms with Crippen LogP contribution in [0.3, 0.4) is 0 Å². The Hall–Kier alpha value is -2.60. The van der Waals surface area contributed by atoms with Crippen LogP contribution in [-0.2, 0) is 10.4 Å². The molecule has 1 amide bonds. The number of hydrogen-bond acceptors (Lipinski definition) is 7. The summed E-state index contributed by atoms with van der Waals surface area (Å²) < 4.78 is 48.3. The van der Waals surface area contributed by atoms with Crippen molar-refractivity contribution in [2.75, 3.05) is 38.1 Å². The van der Waals surface area contributed by atoms with Crippen molar-refractivity contribution in [1.29, 1.82) is 0 Å². The number of hydrogen-bond donors (Lipinski definition) is 3. The first-order valence-electron chi connectivity index (χ1n) is 14.5. The van der Waals surface area contributed by atoms with Gasteiger partial charge in [0.05, 0.1) is 6.10 Å². The van der Waals surface area contributed by atoms with Gasteiger partial charge in [-0.3, -0.25) is 10.1 Å². The van der Waals surface area contributed by atoms with Crippen LogP contribution in [0.5, 0.6) is 5.75 Å². The number of nitrogens with zero attached hydrogens (tertiary/aromatic N) is 3. The van der Waals surface area contributed by atoms with E-state index in [9.17, 15) is 28.2 Å². The van der Waals surface area contributed by atoms with Gasteiger partial charge < -0.3 is 24.7 Å². The summed E-state index contributed by atoms with van der Waals surface area (Å²) in [5.74, 6) is 0.331. The van der Waals surface area contributed by atoms with Crippen LogP contribution in [-0.4, -0.2) is 71.5 Å². The Morgan fingerprint density at radius 3 is 2.26 bits per heavy atom. The van der Waals surface area contributed by atoms with Crippen LogP contribution in [0.1, 0.15) is 63.3 Å². The first-order valence-corrected chi connectivity index (χ1v) is 14.8. The molecule has 1 aromatic carbocycles. The Labute approximate surface area is 249 Å². The third kappa shape index (κ3) is 7.12. The molecule has 3 N–H and O–H groups in total. The van der Waals surface area contributed by atoms with E-state index in [2.05, 4.69) is 15.2 Å². The molecule has 4 rings (SSSR count). The fourth-order valence-corrected chi connectivity index (χ4v) is 6.17. The fourth-order valence-electron chi connectivity index (χ4n) is 5.92. The van der Waals surface area contributed by atoms with Crippen molar-refractivity contribution in [3.63, 3.8) is 0 Å². The van der Waals surface area contributed by atoms with Crippen molar-refractivity contribution in [2.24, 2.45) is 11.8 Å². The molecule has 2 fully saturated rings. The number of pyridine rings is 1. The molecule has 0 saturated carbocycles. The van der Waals surface area contributed by atoms with E-state index in [0.717, 1.165) is 55.2 Å². The zero-order valence-corrected chi connectivity index (χ0v) is 25.0. The van der Waals surface area contributed by atoms with Gasteiger partial charge in [-0.1, -0.05) is 23.7 Å². The number of benzene rings is 1. The standard InChI is InChI=1S/C30H40ClF3N4O4/c1-19(2)42-23-6-4-5-22(18-23)29(41,30(32,33)34)28(40)38-15-11-21(12-16-38)17-20-9-13-37(14-10-20)25-8-7-24(26(31)36-25)27(39)35-3/h4-8,18-21,27,35,39,41H,9-17H2,1-3H3. The third-order valence-corrected chi connectivity index (χ3v) is 8.58. The SMILES string of the molecule is CNC(O)c1ccc(N2CCC(CC3CCN(C(=O)C(O)(c4cccc(OC(C)C)c4)C(F)(F)F)CC3)CC2)nc1Cl. The summed E-state index contributed by atoms with van der Waals surface area (Å²) in [5, 5.41) is 23.9. The summed E-state index contributed by atoms with van der Waals surface area (Å²) >= 11 is 6.28. The zero-order valence-electron chi connectivity index (χ0n) is 24.2. The lowest BCUT2D eigenvalue weighted by Crippen LogP contribution is -2.57. The molecular formula is C30H40ClF3N4O4. The maximum absolute atomic E-state index is 14.3. The predicted molar refractivity (Wildman–Crippen MR) is 154 cm³/mol. The molecule has 12 heteroatoms. The van der Waals surface area contributed by atoms with E-state index in [0.29, 0.717) is 30.2 Å². The van der Waals surface area contributed by atoms with E-state index >= 15 is 0 Å². The van der Waals surface area contributed by atoms with Crippen LogP contribution in [0.25, 0.3) is 0 Å². The molecule has 0 radical (unpaired) electrons. The highest BCUT2D eigenvalue weighted by molar-refractivity contribution is 6.30. The lowest BCUT2D eigenvalue weighted by molar-refractivity contribution is -0.262. The Morgan fingerprint density at radius 1 is 1.10 bits per heavy atom. The lowest BCUT2D eigenvalue weighted by Gasteiger charge is -2.40. The van der Waals surface area contributed by atoms with Crippen LogP contribution >= 0.6 is 11.6 Å². The third-order valence-electron chi connectivity index (χ3n) is 8.28. The first-order chi connectivity index (χ1) is 19.8. The fraction of sp³-hybridized carbons (Fsp3) is 0.600. The van der Waals surface area contributed by atoms with Gasteiger partial charge in [-0.05, 0) is 89.1 Å². The van der Waals surface area contributed by atoms with E-state index in [-0.39, 0.29) is 30.1 Å². The Bertz CT molecular complexity index is 1220. The second-order valence-electron chi connectivity index (χ2n) is 11.5. The quantitative estimate of drug-likeness (QED) is 0.270. The van der Waals surface area contributed by atoms with Crippen LogP contribution in [0, 0.1) is 11.8 Å². The molecule has 2 saturated heterocycles. The first kappa shape index (κ1) is 32.3. The van der Waals surface area contributed by atoms with E-state index in [4.69, 9.17) is 16.3 Å². The average molecular weight is 613 g/mol. The van der Waals surface area contributed by atoms with Crippen LogP contribution in [0.4, 0.5) is 19.0 Å². The number of halogens is 4. The van der Waals surface area contributed by atoms with Gasteiger partial charge in [-0.25, -0.2) is 4.98 Å². The second kappa shape index (κ2) is 13.4. The predicted octanol–water partition coefficient (Wildman–Crippen LogP) is 5.03. The average Bonchev–Trinajstić information content (AvgIpc) is 2.96. The topological polar surface area (TPSA) is 98.2 Å². The molecule has 0 bridgehead atoms. The largest absolute Gasteiger partial charge is 0.491 e. The number of aliphatic hydroxyl groups excluding tert-OH is 1. The summed E-state index contributed by atoms with van der Waals surface area (Å²) in [6.45, 7) is 5.41. The number of piperidine rings is 2. The summed E-state index contributed by atoms with van der Waals surface area (Å²) in [6, 6.07) is 8.67. The monoisotopic (exact) mass is 612 g/mol. The number of aliphatic hydroxyl groups is 2. The van der Waals surface area contributed by atoms with Crippen LogP contribution in [0.2, 0.25) is 5.15 Å². The van der Waals surface area contributed by atoms with Crippen LogP contribution in [0.15, 0.2) is 36.4 Å². The second-order valence-corrected chi connectivity index (χ2v) is 11.9. The molecular weight excluding hydrogens is 573 g/mol. The number of amides is 1. The number of alkyl halides is 3. The van der Waals surface area contributed by atoms with Gasteiger partial charge in [0.2, 0.25) is 0 Å². The highest BCUT2D eigenvalue weighted by Gasteiger charge is 2.62. The van der Waals surface area contributed by atoms with Crippen molar-refractivity contribution < 1.29 is 32.9 Å².